The van der Waals surface area contributed by atoms with Crippen molar-refractivity contribution in [2.45, 2.75) is 45.2 Å². The van der Waals surface area contributed by atoms with Gasteiger partial charge in [-0.25, -0.2) is 0 Å². The average Bonchev–Trinajstić information content (AvgIpc) is 3.32. The highest BCUT2D eigenvalue weighted by Crippen LogP contribution is 2.30. The van der Waals surface area contributed by atoms with Gasteiger partial charge in [0.05, 0.1) is 12.7 Å². The molecule has 0 aromatic carbocycles. The molecule has 0 saturated heterocycles. The van der Waals surface area contributed by atoms with Gasteiger partial charge in [-0.3, -0.25) is 9.89 Å². The van der Waals surface area contributed by atoms with Crippen LogP contribution in [0.3, 0.4) is 0 Å². The predicted octanol–water partition coefficient (Wildman–Crippen LogP) is 3.09. The van der Waals surface area contributed by atoms with E-state index in [1.54, 1.807) is 6.20 Å². The summed E-state index contributed by atoms with van der Waals surface area (Å²) in [6.45, 7) is 2.73. The predicted molar refractivity (Wildman–Crippen MR) is 95.2 cm³/mol. The molecule has 6 nitrogen and oxygen atoms in total. The minimum atomic E-state index is 0.0424. The van der Waals surface area contributed by atoms with Crippen LogP contribution in [0.2, 0.25) is 0 Å². The molecule has 25 heavy (non-hydrogen) atoms. The van der Waals surface area contributed by atoms with E-state index in [1.807, 2.05) is 24.5 Å². The molecule has 0 aliphatic heterocycles. The molecule has 0 spiro atoms. The summed E-state index contributed by atoms with van der Waals surface area (Å²) in [5, 5.41) is 10.2. The Balaban J connectivity index is 1.53. The molecule has 4 rings (SSSR count). The van der Waals surface area contributed by atoms with Crippen LogP contribution in [0, 0.1) is 0 Å². The second-order valence-corrected chi connectivity index (χ2v) is 6.60. The van der Waals surface area contributed by atoms with Gasteiger partial charge in [-0.15, -0.1) is 0 Å². The summed E-state index contributed by atoms with van der Waals surface area (Å²) in [5.74, 6) is 1.70. The molecule has 0 saturated carbocycles. The van der Waals surface area contributed by atoms with E-state index in [1.165, 1.54) is 0 Å². The number of H-pyrrole nitrogens is 2. The Hall–Kier alpha value is -2.60. The smallest absolute Gasteiger partial charge is 0.251 e. The van der Waals surface area contributed by atoms with Crippen molar-refractivity contribution in [2.24, 2.45) is 0 Å². The molecule has 3 aromatic heterocycles. The largest absolute Gasteiger partial charge is 0.460 e. The maximum atomic E-state index is 12.0. The molecular formula is C19H22N4O2. The zero-order valence-electron chi connectivity index (χ0n) is 14.3. The van der Waals surface area contributed by atoms with Crippen molar-refractivity contribution in [3.63, 3.8) is 0 Å². The van der Waals surface area contributed by atoms with Gasteiger partial charge in [0, 0.05) is 35.1 Å². The van der Waals surface area contributed by atoms with Gasteiger partial charge in [0.25, 0.3) is 5.56 Å². The first-order chi connectivity index (χ1) is 12.2. The second kappa shape index (κ2) is 6.72. The SMILES string of the molecule is CC(NCc1ccc(-c2c[nH]c(=O)c3c2CCCC3)o1)c1cn[nH]c1. The Morgan fingerprint density at radius 3 is 2.88 bits per heavy atom. The van der Waals surface area contributed by atoms with E-state index < -0.39 is 0 Å². The Kier molecular flexibility index (Phi) is 4.28. The third-order valence-electron chi connectivity index (χ3n) is 4.94. The van der Waals surface area contributed by atoms with Crippen LogP contribution in [0.25, 0.3) is 11.3 Å². The average molecular weight is 338 g/mol. The molecule has 1 aliphatic carbocycles. The summed E-state index contributed by atoms with van der Waals surface area (Å²) < 4.78 is 6.04. The van der Waals surface area contributed by atoms with E-state index in [9.17, 15) is 4.79 Å². The molecule has 3 N–H and O–H groups in total. The quantitative estimate of drug-likeness (QED) is 0.667. The summed E-state index contributed by atoms with van der Waals surface area (Å²) in [7, 11) is 0. The highest BCUT2D eigenvalue weighted by molar-refractivity contribution is 5.63. The van der Waals surface area contributed by atoms with Crippen molar-refractivity contribution in [1.82, 2.24) is 20.5 Å². The van der Waals surface area contributed by atoms with E-state index in [-0.39, 0.29) is 11.6 Å². The molecular weight excluding hydrogens is 316 g/mol. The standard InChI is InChI=1S/C19H22N4O2/c1-12(13-8-22-23-9-13)20-10-14-6-7-18(25-14)17-11-21-19(24)16-5-3-2-4-15(16)17/h6-9,11-12,20H,2-5,10H2,1H3,(H,21,24)(H,22,23). The van der Waals surface area contributed by atoms with Crippen molar-refractivity contribution in [3.8, 4) is 11.3 Å². The first kappa shape index (κ1) is 15.9. The lowest BCUT2D eigenvalue weighted by Crippen LogP contribution is -2.19. The lowest BCUT2D eigenvalue weighted by molar-refractivity contribution is 0.468. The molecule has 0 bridgehead atoms. The molecule has 6 heteroatoms. The van der Waals surface area contributed by atoms with E-state index in [0.29, 0.717) is 6.54 Å². The van der Waals surface area contributed by atoms with Crippen LogP contribution < -0.4 is 10.9 Å². The van der Waals surface area contributed by atoms with Crippen molar-refractivity contribution < 1.29 is 4.42 Å². The Bertz CT molecular complexity index is 908. The number of nitrogens with one attached hydrogen (secondary N) is 3. The molecule has 0 fully saturated rings. The fraction of sp³-hybridized carbons (Fsp3) is 0.368. The number of furan rings is 1. The van der Waals surface area contributed by atoms with E-state index in [2.05, 4.69) is 27.4 Å². The van der Waals surface area contributed by atoms with Crippen LogP contribution in [0.5, 0.6) is 0 Å². The van der Waals surface area contributed by atoms with Crippen LogP contribution in [-0.4, -0.2) is 15.2 Å². The van der Waals surface area contributed by atoms with E-state index in [0.717, 1.165) is 59.5 Å². The first-order valence-electron chi connectivity index (χ1n) is 8.77. The van der Waals surface area contributed by atoms with Gasteiger partial charge < -0.3 is 14.7 Å². The van der Waals surface area contributed by atoms with Crippen LogP contribution >= 0.6 is 0 Å². The zero-order chi connectivity index (χ0) is 17.2. The van der Waals surface area contributed by atoms with Crippen molar-refractivity contribution in [1.29, 1.82) is 0 Å². The number of hydrogen-bond acceptors (Lipinski definition) is 4. The summed E-state index contributed by atoms with van der Waals surface area (Å²) in [4.78, 5) is 14.9. The number of nitrogens with zero attached hydrogens (tertiary/aromatic N) is 1. The number of aromatic amines is 2. The monoisotopic (exact) mass is 338 g/mol. The zero-order valence-corrected chi connectivity index (χ0v) is 14.3. The number of pyridine rings is 1. The van der Waals surface area contributed by atoms with E-state index in [4.69, 9.17) is 4.42 Å². The van der Waals surface area contributed by atoms with Crippen LogP contribution in [0.4, 0.5) is 0 Å². The summed E-state index contributed by atoms with van der Waals surface area (Å²) >= 11 is 0. The lowest BCUT2D eigenvalue weighted by Gasteiger charge is -2.17. The van der Waals surface area contributed by atoms with Gasteiger partial charge in [-0.1, -0.05) is 0 Å². The molecule has 3 aromatic rings. The minimum absolute atomic E-state index is 0.0424. The van der Waals surface area contributed by atoms with Gasteiger partial charge >= 0.3 is 0 Å². The summed E-state index contributed by atoms with van der Waals surface area (Å²) in [6, 6.07) is 4.17. The third kappa shape index (κ3) is 3.17. The Morgan fingerprint density at radius 1 is 1.24 bits per heavy atom. The normalized spacial score (nSPS) is 15.1. The Morgan fingerprint density at radius 2 is 2.08 bits per heavy atom. The van der Waals surface area contributed by atoms with Gasteiger partial charge in [0.2, 0.25) is 0 Å². The molecule has 1 unspecified atom stereocenters. The highest BCUT2D eigenvalue weighted by atomic mass is 16.3. The maximum Gasteiger partial charge on any atom is 0.251 e. The van der Waals surface area contributed by atoms with Crippen LogP contribution in [0.15, 0.2) is 39.9 Å². The topological polar surface area (TPSA) is 86.7 Å². The van der Waals surface area contributed by atoms with Crippen LogP contribution in [-0.2, 0) is 19.4 Å². The molecule has 1 atom stereocenters. The number of aromatic nitrogens is 3. The van der Waals surface area contributed by atoms with Gasteiger partial charge in [0.15, 0.2) is 0 Å². The fourth-order valence-electron chi connectivity index (χ4n) is 3.47. The maximum absolute atomic E-state index is 12.0. The molecule has 0 amide bonds. The molecule has 130 valence electrons. The van der Waals surface area contributed by atoms with Crippen LogP contribution in [0.1, 0.15) is 48.3 Å². The van der Waals surface area contributed by atoms with Crippen molar-refractivity contribution in [2.75, 3.05) is 0 Å². The number of fused-ring (bicyclic) bond motifs is 1. The Labute approximate surface area is 145 Å². The van der Waals surface area contributed by atoms with E-state index >= 15 is 0 Å². The fourth-order valence-corrected chi connectivity index (χ4v) is 3.47. The molecule has 0 radical (unpaired) electrons. The number of rotatable bonds is 5. The third-order valence-corrected chi connectivity index (χ3v) is 4.94. The van der Waals surface area contributed by atoms with Gasteiger partial charge in [-0.2, -0.15) is 5.10 Å². The second-order valence-electron chi connectivity index (χ2n) is 6.60. The molecule has 3 heterocycles. The lowest BCUT2D eigenvalue weighted by atomic mass is 9.89. The summed E-state index contributed by atoms with van der Waals surface area (Å²) in [5.41, 5.74) is 4.25. The van der Waals surface area contributed by atoms with Crippen molar-refractivity contribution >= 4 is 0 Å². The number of hydrogen-bond donors (Lipinski definition) is 3. The van der Waals surface area contributed by atoms with Gasteiger partial charge in [-0.05, 0) is 50.3 Å². The first-order valence-corrected chi connectivity index (χ1v) is 8.77. The minimum Gasteiger partial charge on any atom is -0.460 e. The highest BCUT2D eigenvalue weighted by Gasteiger charge is 2.19. The summed E-state index contributed by atoms with van der Waals surface area (Å²) in [6.07, 6.45) is 9.50. The van der Waals surface area contributed by atoms with Gasteiger partial charge in [0.1, 0.15) is 11.5 Å². The molecule has 1 aliphatic rings. The van der Waals surface area contributed by atoms with Crippen molar-refractivity contribution in [3.05, 3.63) is 63.5 Å².